The topological polar surface area (TPSA) is 41.8 Å². The first-order valence-electron chi connectivity index (χ1n) is 5.23. The van der Waals surface area contributed by atoms with Gasteiger partial charge in [0.05, 0.1) is 12.2 Å². The van der Waals surface area contributed by atoms with Gasteiger partial charge in [0.25, 0.3) is 0 Å². The third-order valence-electron chi connectivity index (χ3n) is 1.65. The van der Waals surface area contributed by atoms with Gasteiger partial charge in [-0.2, -0.15) is 0 Å². The van der Waals surface area contributed by atoms with Crippen molar-refractivity contribution in [1.82, 2.24) is 0 Å². The number of aliphatic hydroxyl groups excluding tert-OH is 1. The quantitative estimate of drug-likeness (QED) is 0.324. The molecule has 1 N–H and O–H groups in total. The second kappa shape index (κ2) is 8.53. The van der Waals surface area contributed by atoms with Crippen LogP contribution in [0.2, 0.25) is 0 Å². The molecule has 16 heavy (non-hydrogen) atoms. The maximum Gasteiger partial charge on any atom is 0.219 e. The van der Waals surface area contributed by atoms with E-state index in [4.69, 9.17) is 4.74 Å². The van der Waals surface area contributed by atoms with Gasteiger partial charge in [-0.05, 0) is 26.0 Å². The van der Waals surface area contributed by atoms with Crippen molar-refractivity contribution >= 4 is 5.90 Å². The molecule has 0 rings (SSSR count). The molecule has 0 aliphatic rings. The summed E-state index contributed by atoms with van der Waals surface area (Å²) in [4.78, 5) is 4.18. The number of rotatable bonds is 6. The predicted molar refractivity (Wildman–Crippen MR) is 68.8 cm³/mol. The minimum atomic E-state index is 0.0653. The third-order valence-corrected chi connectivity index (χ3v) is 1.65. The van der Waals surface area contributed by atoms with Crippen LogP contribution in [0.4, 0.5) is 0 Å². The minimum absolute atomic E-state index is 0.0653. The minimum Gasteiger partial charge on any atom is -0.507 e. The molecule has 88 valence electrons. The van der Waals surface area contributed by atoms with Gasteiger partial charge in [-0.25, -0.2) is 0 Å². The molecule has 0 saturated carbocycles. The van der Waals surface area contributed by atoms with E-state index in [1.807, 2.05) is 13.8 Å². The Hall–Kier alpha value is -1.77. The lowest BCUT2D eigenvalue weighted by Gasteiger charge is -2.10. The van der Waals surface area contributed by atoms with E-state index in [1.165, 1.54) is 12.2 Å². The average Bonchev–Trinajstić information content (AvgIpc) is 2.26. The summed E-state index contributed by atoms with van der Waals surface area (Å²) in [6.45, 7) is 12.0. The van der Waals surface area contributed by atoms with Crippen LogP contribution in [0.3, 0.4) is 0 Å². The molecule has 3 heteroatoms. The summed E-state index contributed by atoms with van der Waals surface area (Å²) < 4.78 is 5.36. The van der Waals surface area contributed by atoms with Gasteiger partial charge < -0.3 is 9.84 Å². The largest absolute Gasteiger partial charge is 0.507 e. The third kappa shape index (κ3) is 4.64. The van der Waals surface area contributed by atoms with Gasteiger partial charge in [0, 0.05) is 6.54 Å². The van der Waals surface area contributed by atoms with Gasteiger partial charge in [0.1, 0.15) is 5.76 Å². The number of hydrogen-bond acceptors (Lipinski definition) is 3. The van der Waals surface area contributed by atoms with E-state index in [9.17, 15) is 5.11 Å². The first kappa shape index (κ1) is 14.2. The molecule has 0 radical (unpaired) electrons. The molecule has 0 bridgehead atoms. The molecule has 0 unspecified atom stereocenters. The summed E-state index contributed by atoms with van der Waals surface area (Å²) in [6, 6.07) is 0. The molecule has 0 aromatic heterocycles. The van der Waals surface area contributed by atoms with Crippen molar-refractivity contribution in [2.75, 3.05) is 13.2 Å². The van der Waals surface area contributed by atoms with Gasteiger partial charge >= 0.3 is 0 Å². The molecule has 0 saturated heterocycles. The van der Waals surface area contributed by atoms with Crippen molar-refractivity contribution in [3.63, 3.8) is 0 Å². The van der Waals surface area contributed by atoms with Crippen LogP contribution in [0, 0.1) is 0 Å². The van der Waals surface area contributed by atoms with Crippen LogP contribution in [0.1, 0.15) is 13.8 Å². The lowest BCUT2D eigenvalue weighted by Crippen LogP contribution is -2.11. The van der Waals surface area contributed by atoms with E-state index in [1.54, 1.807) is 12.2 Å². The van der Waals surface area contributed by atoms with Crippen molar-refractivity contribution in [3.05, 3.63) is 48.8 Å². The van der Waals surface area contributed by atoms with E-state index in [0.29, 0.717) is 24.6 Å². The molecule has 0 aromatic rings. The average molecular weight is 221 g/mol. The summed E-state index contributed by atoms with van der Waals surface area (Å²) in [7, 11) is 0. The predicted octanol–water partition coefficient (Wildman–Crippen LogP) is 3.18. The molecule has 0 aliphatic carbocycles. The molecule has 0 fully saturated rings. The molecule has 0 heterocycles. The Labute approximate surface area is 97.2 Å². The van der Waals surface area contributed by atoms with Gasteiger partial charge in [-0.3, -0.25) is 4.99 Å². The van der Waals surface area contributed by atoms with E-state index in [-0.39, 0.29) is 5.76 Å². The summed E-state index contributed by atoms with van der Waals surface area (Å²) in [5.74, 6) is 0.482. The highest BCUT2D eigenvalue weighted by molar-refractivity contribution is 5.97. The smallest absolute Gasteiger partial charge is 0.219 e. The fourth-order valence-corrected chi connectivity index (χ4v) is 1.07. The fourth-order valence-electron chi connectivity index (χ4n) is 1.07. The van der Waals surface area contributed by atoms with E-state index in [2.05, 4.69) is 18.2 Å². The Kier molecular flexibility index (Phi) is 7.59. The molecule has 3 nitrogen and oxygen atoms in total. The molecule has 0 atom stereocenters. The zero-order chi connectivity index (χ0) is 12.4. The van der Waals surface area contributed by atoms with Gasteiger partial charge in [0.2, 0.25) is 5.90 Å². The number of allylic oxidation sites excluding steroid dienone is 4. The molecule has 0 amide bonds. The highest BCUT2D eigenvalue weighted by atomic mass is 16.5. The monoisotopic (exact) mass is 221 g/mol. The zero-order valence-electron chi connectivity index (χ0n) is 9.94. The van der Waals surface area contributed by atoms with Crippen molar-refractivity contribution in [2.24, 2.45) is 4.99 Å². The standard InChI is InChI=1S/C13H19NO2/c1-5-9-11(12(15)10-6-2)13(14-7-3)16-8-4/h5-6,9-10,15H,1-2,7-8H2,3-4H3/b11-9+,12-10+,14-13?. The SMILES string of the molecule is C=C/C=C(O)\C(=C/C=C)C(=NCC)OCC. The number of aliphatic imine (C=N–C) groups is 1. The number of ether oxygens (including phenoxy) is 1. The van der Waals surface area contributed by atoms with Crippen LogP contribution in [0.5, 0.6) is 0 Å². The van der Waals surface area contributed by atoms with Gasteiger partial charge in [0.15, 0.2) is 0 Å². The number of nitrogens with zero attached hydrogens (tertiary/aromatic N) is 1. The Morgan fingerprint density at radius 3 is 2.31 bits per heavy atom. The summed E-state index contributed by atoms with van der Waals surface area (Å²) >= 11 is 0. The fraction of sp³-hybridized carbons (Fsp3) is 0.308. The first-order valence-corrected chi connectivity index (χ1v) is 5.23. The van der Waals surface area contributed by atoms with Crippen LogP contribution in [-0.2, 0) is 4.74 Å². The van der Waals surface area contributed by atoms with E-state index in [0.717, 1.165) is 0 Å². The first-order chi connectivity index (χ1) is 7.71. The van der Waals surface area contributed by atoms with Crippen molar-refractivity contribution < 1.29 is 9.84 Å². The van der Waals surface area contributed by atoms with E-state index < -0.39 is 0 Å². The number of aliphatic hydroxyl groups is 1. The molecule has 0 aliphatic heterocycles. The Bertz CT molecular complexity index is 325. The summed E-state index contributed by atoms with van der Waals surface area (Å²) in [5.41, 5.74) is 0.513. The van der Waals surface area contributed by atoms with Crippen molar-refractivity contribution in [1.29, 1.82) is 0 Å². The second-order valence-corrected chi connectivity index (χ2v) is 2.82. The Balaban J connectivity index is 5.23. The van der Waals surface area contributed by atoms with Gasteiger partial charge in [-0.15, -0.1) is 0 Å². The van der Waals surface area contributed by atoms with E-state index >= 15 is 0 Å². The molecule has 0 aromatic carbocycles. The highest BCUT2D eigenvalue weighted by Gasteiger charge is 2.11. The van der Waals surface area contributed by atoms with Crippen LogP contribution in [-0.4, -0.2) is 24.2 Å². The lowest BCUT2D eigenvalue weighted by atomic mass is 10.2. The summed E-state index contributed by atoms with van der Waals surface area (Å²) in [6.07, 6.45) is 6.22. The molecular weight excluding hydrogens is 202 g/mol. The maximum atomic E-state index is 9.78. The van der Waals surface area contributed by atoms with Crippen LogP contribution in [0.25, 0.3) is 0 Å². The van der Waals surface area contributed by atoms with Crippen molar-refractivity contribution in [3.8, 4) is 0 Å². The summed E-state index contributed by atoms with van der Waals surface area (Å²) in [5, 5.41) is 9.78. The van der Waals surface area contributed by atoms with Crippen molar-refractivity contribution in [2.45, 2.75) is 13.8 Å². The second-order valence-electron chi connectivity index (χ2n) is 2.82. The molecular formula is C13H19NO2. The Morgan fingerprint density at radius 2 is 1.88 bits per heavy atom. The lowest BCUT2D eigenvalue weighted by molar-refractivity contribution is 0.322. The zero-order valence-corrected chi connectivity index (χ0v) is 9.94. The maximum absolute atomic E-state index is 9.78. The Morgan fingerprint density at radius 1 is 1.25 bits per heavy atom. The number of hydrogen-bond donors (Lipinski definition) is 1. The molecule has 0 spiro atoms. The van der Waals surface area contributed by atoms with Crippen LogP contribution >= 0.6 is 0 Å². The van der Waals surface area contributed by atoms with Gasteiger partial charge in [-0.1, -0.05) is 25.3 Å². The van der Waals surface area contributed by atoms with Crippen LogP contribution in [0.15, 0.2) is 53.8 Å². The van der Waals surface area contributed by atoms with Crippen LogP contribution < -0.4 is 0 Å². The highest BCUT2D eigenvalue weighted by Crippen LogP contribution is 2.11. The normalized spacial score (nSPS) is 13.5.